The third kappa shape index (κ3) is 6.67. The number of benzene rings is 1. The zero-order chi connectivity index (χ0) is 28.0. The van der Waals surface area contributed by atoms with Gasteiger partial charge in [-0.15, -0.1) is 0 Å². The molecule has 0 aliphatic carbocycles. The number of ether oxygens (including phenoxy) is 1. The molecule has 0 saturated carbocycles. The summed E-state index contributed by atoms with van der Waals surface area (Å²) < 4.78 is 5.51. The van der Waals surface area contributed by atoms with Crippen LogP contribution < -0.4 is 10.6 Å². The summed E-state index contributed by atoms with van der Waals surface area (Å²) in [4.78, 5) is 44.9. The Morgan fingerprint density at radius 2 is 1.79 bits per heavy atom. The first-order valence-electron chi connectivity index (χ1n) is 13.9. The van der Waals surface area contributed by atoms with E-state index in [1.807, 2.05) is 37.8 Å². The zero-order valence-electron chi connectivity index (χ0n) is 24.1. The number of piperazine rings is 1. The minimum atomic E-state index is -0.605. The highest BCUT2D eigenvalue weighted by molar-refractivity contribution is 5.95. The second kappa shape index (κ2) is 12.7. The lowest BCUT2D eigenvalue weighted by atomic mass is 9.85. The number of carbonyl (C=O) groups excluding carboxylic acids is 3. The van der Waals surface area contributed by atoms with Gasteiger partial charge in [-0.05, 0) is 43.7 Å². The highest BCUT2D eigenvalue weighted by atomic mass is 16.5. The molecule has 1 aromatic rings. The maximum atomic E-state index is 13.4. The molecule has 1 fully saturated rings. The highest BCUT2D eigenvalue weighted by Gasteiger charge is 2.39. The van der Waals surface area contributed by atoms with E-state index >= 15 is 0 Å². The lowest BCUT2D eigenvalue weighted by Gasteiger charge is -2.42. The fraction of sp³-hybridized carbons (Fsp3) is 0.621. The monoisotopic (exact) mass is 527 g/mol. The number of hydrogen-bond acceptors (Lipinski definition) is 5. The van der Waals surface area contributed by atoms with Crippen LogP contribution in [0.2, 0.25) is 0 Å². The van der Waals surface area contributed by atoms with Crippen LogP contribution >= 0.6 is 0 Å². The fourth-order valence-electron chi connectivity index (χ4n) is 5.11. The Hall–Kier alpha value is -3.07. The molecule has 0 bridgehead atoms. The van der Waals surface area contributed by atoms with Crippen molar-refractivity contribution in [3.05, 3.63) is 46.7 Å². The summed E-state index contributed by atoms with van der Waals surface area (Å²) >= 11 is 0. The van der Waals surface area contributed by atoms with Crippen molar-refractivity contribution in [1.82, 2.24) is 25.3 Å². The van der Waals surface area contributed by atoms with E-state index in [0.717, 1.165) is 12.0 Å². The van der Waals surface area contributed by atoms with E-state index in [1.54, 1.807) is 11.8 Å². The molecule has 2 aliphatic heterocycles. The van der Waals surface area contributed by atoms with Gasteiger partial charge in [-0.1, -0.05) is 52.0 Å². The molecule has 0 spiro atoms. The van der Waals surface area contributed by atoms with Gasteiger partial charge in [0.15, 0.2) is 0 Å². The summed E-state index contributed by atoms with van der Waals surface area (Å²) in [7, 11) is 0. The van der Waals surface area contributed by atoms with Gasteiger partial charge < -0.3 is 20.3 Å². The Morgan fingerprint density at radius 1 is 1.11 bits per heavy atom. The van der Waals surface area contributed by atoms with Crippen molar-refractivity contribution < 1.29 is 19.1 Å². The van der Waals surface area contributed by atoms with Gasteiger partial charge in [0.1, 0.15) is 0 Å². The zero-order valence-corrected chi connectivity index (χ0v) is 24.1. The molecule has 4 amide bonds. The van der Waals surface area contributed by atoms with Gasteiger partial charge in [-0.2, -0.15) is 0 Å². The van der Waals surface area contributed by atoms with Gasteiger partial charge >= 0.3 is 18.0 Å². The van der Waals surface area contributed by atoms with E-state index in [2.05, 4.69) is 48.4 Å². The molecule has 2 heterocycles. The van der Waals surface area contributed by atoms with Gasteiger partial charge in [0.2, 0.25) is 0 Å². The summed E-state index contributed by atoms with van der Waals surface area (Å²) in [6.45, 7) is 17.8. The Kier molecular flexibility index (Phi) is 9.82. The highest BCUT2D eigenvalue weighted by Crippen LogP contribution is 2.33. The van der Waals surface area contributed by atoms with Crippen LogP contribution in [0.4, 0.5) is 9.59 Å². The quantitative estimate of drug-likeness (QED) is 0.498. The number of nitrogens with zero attached hydrogens (tertiary/aromatic N) is 3. The summed E-state index contributed by atoms with van der Waals surface area (Å²) in [6.07, 6.45) is 0.889. The second-order valence-electron chi connectivity index (χ2n) is 11.1. The number of esters is 1. The number of amides is 4. The molecule has 0 radical (unpaired) electrons. The standard InChI is InChI=1S/C29H45N5O4/c1-8-15-30-27(36)34-17-16-32(18-20(34)4)19-23-24(26(35)38-10-3)25(31-28(37)33(23)9-2)21-11-13-22(14-12-21)29(5,6)7/h11-14,20,25H,8-10,15-19H2,1-7H3,(H,30,36)(H,31,37)/t20-,25-/m0/s1. The van der Waals surface area contributed by atoms with Crippen LogP contribution in [-0.4, -0.2) is 84.6 Å². The number of hydrogen-bond donors (Lipinski definition) is 2. The molecule has 2 aliphatic rings. The van der Waals surface area contributed by atoms with Crippen LogP contribution in [0.15, 0.2) is 35.5 Å². The molecule has 2 N–H and O–H groups in total. The average molecular weight is 528 g/mol. The Morgan fingerprint density at radius 3 is 2.34 bits per heavy atom. The summed E-state index contributed by atoms with van der Waals surface area (Å²) in [5, 5.41) is 6.01. The molecule has 1 aromatic carbocycles. The first-order valence-corrected chi connectivity index (χ1v) is 13.9. The Bertz CT molecular complexity index is 1030. The van der Waals surface area contributed by atoms with Crippen LogP contribution in [0, 0.1) is 0 Å². The first-order chi connectivity index (χ1) is 18.0. The average Bonchev–Trinajstić information content (AvgIpc) is 2.87. The van der Waals surface area contributed by atoms with E-state index in [4.69, 9.17) is 4.74 Å². The molecule has 210 valence electrons. The molecule has 9 nitrogen and oxygen atoms in total. The van der Waals surface area contributed by atoms with Crippen molar-refractivity contribution >= 4 is 18.0 Å². The van der Waals surface area contributed by atoms with Crippen LogP contribution in [0.1, 0.15) is 72.1 Å². The largest absolute Gasteiger partial charge is 0.463 e. The van der Waals surface area contributed by atoms with E-state index in [0.29, 0.717) is 50.5 Å². The van der Waals surface area contributed by atoms with E-state index in [-0.39, 0.29) is 30.1 Å². The van der Waals surface area contributed by atoms with Crippen molar-refractivity contribution in [2.75, 3.05) is 45.9 Å². The van der Waals surface area contributed by atoms with Crippen molar-refractivity contribution in [2.24, 2.45) is 0 Å². The predicted molar refractivity (Wildman–Crippen MR) is 149 cm³/mol. The van der Waals surface area contributed by atoms with Gasteiger partial charge in [0, 0.05) is 51.0 Å². The normalized spacial score (nSPS) is 20.9. The fourth-order valence-corrected chi connectivity index (χ4v) is 5.11. The molecule has 3 rings (SSSR count). The van der Waals surface area contributed by atoms with E-state index in [1.165, 1.54) is 5.56 Å². The van der Waals surface area contributed by atoms with Gasteiger partial charge in [-0.3, -0.25) is 9.80 Å². The van der Waals surface area contributed by atoms with Crippen LogP contribution in [0.5, 0.6) is 0 Å². The molecule has 2 atom stereocenters. The van der Waals surface area contributed by atoms with E-state index < -0.39 is 12.0 Å². The van der Waals surface area contributed by atoms with Crippen LogP contribution in [-0.2, 0) is 14.9 Å². The number of urea groups is 2. The molecule has 0 aromatic heterocycles. The van der Waals surface area contributed by atoms with Crippen molar-refractivity contribution in [1.29, 1.82) is 0 Å². The van der Waals surface area contributed by atoms with E-state index in [9.17, 15) is 14.4 Å². The molecular weight excluding hydrogens is 482 g/mol. The SMILES string of the molecule is CCCNC(=O)N1CCN(CC2=C(C(=O)OCC)[C@H](c3ccc(C(C)(C)C)cc3)NC(=O)N2CC)C[C@@H]1C. The van der Waals surface area contributed by atoms with Gasteiger partial charge in [0.25, 0.3) is 0 Å². The number of likely N-dealkylation sites (N-methyl/N-ethyl adjacent to an activating group) is 1. The molecule has 9 heteroatoms. The molecular formula is C29H45N5O4. The maximum absolute atomic E-state index is 13.4. The van der Waals surface area contributed by atoms with Crippen molar-refractivity contribution in [3.8, 4) is 0 Å². The van der Waals surface area contributed by atoms with Crippen molar-refractivity contribution in [2.45, 2.75) is 72.4 Å². The lowest BCUT2D eigenvalue weighted by molar-refractivity contribution is -0.139. The van der Waals surface area contributed by atoms with Gasteiger partial charge in [-0.25, -0.2) is 14.4 Å². The van der Waals surface area contributed by atoms with Crippen LogP contribution in [0.3, 0.4) is 0 Å². The lowest BCUT2D eigenvalue weighted by Crippen LogP contribution is -2.58. The molecule has 1 saturated heterocycles. The number of rotatable bonds is 8. The molecule has 0 unspecified atom stereocenters. The summed E-state index contributed by atoms with van der Waals surface area (Å²) in [6, 6.07) is 7.20. The third-order valence-corrected chi connectivity index (χ3v) is 7.23. The Labute approximate surface area is 227 Å². The summed E-state index contributed by atoms with van der Waals surface area (Å²) in [5.74, 6) is -0.420. The maximum Gasteiger partial charge on any atom is 0.338 e. The van der Waals surface area contributed by atoms with Crippen LogP contribution in [0.25, 0.3) is 0 Å². The third-order valence-electron chi connectivity index (χ3n) is 7.23. The predicted octanol–water partition coefficient (Wildman–Crippen LogP) is 4.01. The number of carbonyl (C=O) groups is 3. The Balaban J connectivity index is 1.95. The molecule has 38 heavy (non-hydrogen) atoms. The second-order valence-corrected chi connectivity index (χ2v) is 11.1. The minimum Gasteiger partial charge on any atom is -0.463 e. The first kappa shape index (κ1) is 29.5. The minimum absolute atomic E-state index is 0.000447. The smallest absolute Gasteiger partial charge is 0.338 e. The summed E-state index contributed by atoms with van der Waals surface area (Å²) in [5.41, 5.74) is 3.14. The topological polar surface area (TPSA) is 94.2 Å². The van der Waals surface area contributed by atoms with Gasteiger partial charge in [0.05, 0.1) is 18.2 Å². The van der Waals surface area contributed by atoms with Crippen molar-refractivity contribution in [3.63, 3.8) is 0 Å². The number of nitrogens with one attached hydrogen (secondary N) is 2.